The summed E-state index contributed by atoms with van der Waals surface area (Å²) in [5, 5.41) is 7.99. The highest BCUT2D eigenvalue weighted by molar-refractivity contribution is 6.00. The Balaban J connectivity index is 1.61. The van der Waals surface area contributed by atoms with Crippen LogP contribution in [-0.2, 0) is 17.8 Å². The first-order valence-corrected chi connectivity index (χ1v) is 11.8. The highest BCUT2D eigenvalue weighted by Gasteiger charge is 2.47. The van der Waals surface area contributed by atoms with E-state index >= 15 is 0 Å². The normalized spacial score (nSPS) is 22.2. The van der Waals surface area contributed by atoms with Crippen LogP contribution < -0.4 is 5.32 Å². The van der Waals surface area contributed by atoms with Crippen molar-refractivity contribution < 1.29 is 9.59 Å². The van der Waals surface area contributed by atoms with E-state index in [2.05, 4.69) is 24.4 Å². The van der Waals surface area contributed by atoms with Crippen molar-refractivity contribution in [2.75, 3.05) is 6.54 Å². The molecule has 0 radical (unpaired) electrons. The largest absolute Gasteiger partial charge is 0.351 e. The van der Waals surface area contributed by atoms with Gasteiger partial charge in [0.05, 0.1) is 12.2 Å². The molecule has 0 spiro atoms. The molecule has 1 fully saturated rings. The number of fused-ring (bicyclic) bond motifs is 1. The summed E-state index contributed by atoms with van der Waals surface area (Å²) in [6.45, 7) is 6.79. The average Bonchev–Trinajstić information content (AvgIpc) is 3.02. The molecule has 6 heteroatoms. The molecule has 1 saturated carbocycles. The van der Waals surface area contributed by atoms with Gasteiger partial charge in [0, 0.05) is 18.2 Å². The minimum atomic E-state index is -0.944. The summed E-state index contributed by atoms with van der Waals surface area (Å²) in [5.41, 5.74) is 2.63. The molecule has 2 aliphatic rings. The van der Waals surface area contributed by atoms with E-state index in [1.54, 1.807) is 9.58 Å². The van der Waals surface area contributed by atoms with E-state index in [0.717, 1.165) is 43.4 Å². The van der Waals surface area contributed by atoms with Gasteiger partial charge in [0.2, 0.25) is 5.91 Å². The summed E-state index contributed by atoms with van der Waals surface area (Å²) < 4.78 is 1.73. The highest BCUT2D eigenvalue weighted by Crippen LogP contribution is 2.30. The molecule has 2 heterocycles. The number of rotatable bonds is 5. The first-order chi connectivity index (χ1) is 15.0. The van der Waals surface area contributed by atoms with Crippen LogP contribution in [0.4, 0.5) is 0 Å². The van der Waals surface area contributed by atoms with Gasteiger partial charge in [0.15, 0.2) is 0 Å². The third-order valence-electron chi connectivity index (χ3n) is 6.95. The van der Waals surface area contributed by atoms with Gasteiger partial charge in [-0.3, -0.25) is 14.3 Å². The van der Waals surface area contributed by atoms with E-state index in [4.69, 9.17) is 5.10 Å². The third-order valence-corrected chi connectivity index (χ3v) is 6.95. The molecule has 1 N–H and O–H groups in total. The van der Waals surface area contributed by atoms with Crippen LogP contribution in [0.3, 0.4) is 0 Å². The third kappa shape index (κ3) is 4.12. The van der Waals surface area contributed by atoms with Crippen molar-refractivity contribution in [3.8, 4) is 11.3 Å². The van der Waals surface area contributed by atoms with Gasteiger partial charge in [-0.25, -0.2) is 0 Å². The molecule has 1 aromatic heterocycles. The predicted molar refractivity (Wildman–Crippen MR) is 122 cm³/mol. The lowest BCUT2D eigenvalue weighted by molar-refractivity contribution is -0.133. The Kier molecular flexibility index (Phi) is 6.17. The Morgan fingerprint density at radius 3 is 2.42 bits per heavy atom. The number of hydrogen-bond donors (Lipinski definition) is 1. The summed E-state index contributed by atoms with van der Waals surface area (Å²) in [7, 11) is 0. The SMILES string of the molecule is CCc1ccc(-c2cc3n(n2)CC(C)(C(=O)NC2CCCCCC2)N(CC)C3=O)cc1. The summed E-state index contributed by atoms with van der Waals surface area (Å²) in [6.07, 6.45) is 7.81. The molecule has 1 atom stereocenters. The van der Waals surface area contributed by atoms with Gasteiger partial charge in [-0.15, -0.1) is 0 Å². The lowest BCUT2D eigenvalue weighted by Gasteiger charge is -2.43. The van der Waals surface area contributed by atoms with Crippen LogP contribution in [-0.4, -0.2) is 44.6 Å². The average molecular weight is 423 g/mol. The molecule has 4 rings (SSSR count). The molecular formula is C25H34N4O2. The number of nitrogens with zero attached hydrogens (tertiary/aromatic N) is 3. The second-order valence-electron chi connectivity index (χ2n) is 9.11. The maximum absolute atomic E-state index is 13.4. The van der Waals surface area contributed by atoms with Gasteiger partial charge in [-0.05, 0) is 44.7 Å². The second kappa shape index (κ2) is 8.85. The Morgan fingerprint density at radius 1 is 1.13 bits per heavy atom. The van der Waals surface area contributed by atoms with E-state index in [0.29, 0.717) is 18.8 Å². The number of hydrogen-bond acceptors (Lipinski definition) is 3. The molecule has 2 aromatic rings. The van der Waals surface area contributed by atoms with E-state index < -0.39 is 5.54 Å². The van der Waals surface area contributed by atoms with Crippen molar-refractivity contribution in [1.29, 1.82) is 0 Å². The molecule has 1 unspecified atom stereocenters. The van der Waals surface area contributed by atoms with Crippen molar-refractivity contribution >= 4 is 11.8 Å². The van der Waals surface area contributed by atoms with Crippen LogP contribution in [0, 0.1) is 0 Å². The smallest absolute Gasteiger partial charge is 0.273 e. The molecule has 6 nitrogen and oxygen atoms in total. The van der Waals surface area contributed by atoms with Crippen LogP contribution in [0.5, 0.6) is 0 Å². The fourth-order valence-corrected chi connectivity index (χ4v) is 4.95. The fraction of sp³-hybridized carbons (Fsp3) is 0.560. The number of aromatic nitrogens is 2. The van der Waals surface area contributed by atoms with Crippen molar-refractivity contribution in [1.82, 2.24) is 20.0 Å². The Labute approximate surface area is 185 Å². The maximum Gasteiger partial charge on any atom is 0.273 e. The predicted octanol–water partition coefficient (Wildman–Crippen LogP) is 4.19. The van der Waals surface area contributed by atoms with Gasteiger partial charge in [-0.1, -0.05) is 56.9 Å². The molecule has 0 bridgehead atoms. The van der Waals surface area contributed by atoms with Gasteiger partial charge < -0.3 is 10.2 Å². The zero-order valence-electron chi connectivity index (χ0n) is 19.0. The zero-order chi connectivity index (χ0) is 22.0. The lowest BCUT2D eigenvalue weighted by atomic mass is 9.94. The quantitative estimate of drug-likeness (QED) is 0.735. The summed E-state index contributed by atoms with van der Waals surface area (Å²) >= 11 is 0. The maximum atomic E-state index is 13.4. The number of likely N-dealkylation sites (N-methyl/N-ethyl adjacent to an activating group) is 1. The number of aryl methyl sites for hydroxylation is 1. The minimum Gasteiger partial charge on any atom is -0.351 e. The van der Waals surface area contributed by atoms with Crippen LogP contribution in [0.1, 0.15) is 75.3 Å². The zero-order valence-corrected chi connectivity index (χ0v) is 19.0. The van der Waals surface area contributed by atoms with Crippen LogP contribution in [0.25, 0.3) is 11.3 Å². The Bertz CT molecular complexity index is 941. The molecule has 1 aromatic carbocycles. The second-order valence-corrected chi connectivity index (χ2v) is 9.11. The van der Waals surface area contributed by atoms with Crippen LogP contribution >= 0.6 is 0 Å². The fourth-order valence-electron chi connectivity index (χ4n) is 4.95. The number of carbonyl (C=O) groups excluding carboxylic acids is 2. The molecule has 31 heavy (non-hydrogen) atoms. The summed E-state index contributed by atoms with van der Waals surface area (Å²) in [6, 6.07) is 10.3. The standard InChI is InChI=1S/C25H34N4O2/c1-4-18-12-14-19(15-13-18)21-16-22-23(30)28(5-2)25(3,17-29(22)27-21)24(31)26-20-10-8-6-7-9-11-20/h12-16,20H,4-11,17H2,1-3H3,(H,26,31). The molecule has 1 aliphatic carbocycles. The Morgan fingerprint density at radius 2 is 1.81 bits per heavy atom. The molecule has 0 saturated heterocycles. The summed E-state index contributed by atoms with van der Waals surface area (Å²) in [5.74, 6) is -0.194. The van der Waals surface area contributed by atoms with Gasteiger partial charge in [-0.2, -0.15) is 5.10 Å². The number of benzene rings is 1. The van der Waals surface area contributed by atoms with Gasteiger partial charge >= 0.3 is 0 Å². The number of carbonyl (C=O) groups is 2. The first-order valence-electron chi connectivity index (χ1n) is 11.8. The van der Waals surface area contributed by atoms with E-state index in [9.17, 15) is 9.59 Å². The number of amides is 2. The Hall–Kier alpha value is -2.63. The van der Waals surface area contributed by atoms with Crippen molar-refractivity contribution in [2.24, 2.45) is 0 Å². The lowest BCUT2D eigenvalue weighted by Crippen LogP contribution is -2.64. The van der Waals surface area contributed by atoms with Crippen LogP contribution in [0.2, 0.25) is 0 Å². The topological polar surface area (TPSA) is 67.2 Å². The van der Waals surface area contributed by atoms with Crippen LogP contribution in [0.15, 0.2) is 30.3 Å². The van der Waals surface area contributed by atoms with E-state index in [1.807, 2.05) is 32.0 Å². The van der Waals surface area contributed by atoms with Crippen molar-refractivity contribution in [3.63, 3.8) is 0 Å². The van der Waals surface area contributed by atoms with Gasteiger partial charge in [0.25, 0.3) is 5.91 Å². The van der Waals surface area contributed by atoms with Crippen molar-refractivity contribution in [3.05, 3.63) is 41.6 Å². The molecule has 2 amide bonds. The van der Waals surface area contributed by atoms with Crippen molar-refractivity contribution in [2.45, 2.75) is 83.8 Å². The monoisotopic (exact) mass is 422 g/mol. The van der Waals surface area contributed by atoms with E-state index in [-0.39, 0.29) is 17.9 Å². The summed E-state index contributed by atoms with van der Waals surface area (Å²) in [4.78, 5) is 28.5. The molecular weight excluding hydrogens is 388 g/mol. The van der Waals surface area contributed by atoms with E-state index in [1.165, 1.54) is 18.4 Å². The minimum absolute atomic E-state index is 0.0652. The highest BCUT2D eigenvalue weighted by atomic mass is 16.2. The first kappa shape index (κ1) is 21.6. The molecule has 166 valence electrons. The molecule has 1 aliphatic heterocycles. The van der Waals surface area contributed by atoms with Gasteiger partial charge in [0.1, 0.15) is 11.2 Å². The number of nitrogens with one attached hydrogen (secondary N) is 1.